The summed E-state index contributed by atoms with van der Waals surface area (Å²) >= 11 is 0. The predicted molar refractivity (Wildman–Crippen MR) is 100 cm³/mol. The van der Waals surface area contributed by atoms with Gasteiger partial charge in [-0.3, -0.25) is 4.48 Å². The zero-order chi connectivity index (χ0) is 17.4. The van der Waals surface area contributed by atoms with Crippen LogP contribution in [0.2, 0.25) is 0 Å². The maximum absolute atomic E-state index is 5.86. The molecule has 130 valence electrons. The maximum atomic E-state index is 5.86. The number of fused-ring (bicyclic) bond motifs is 1. The summed E-state index contributed by atoms with van der Waals surface area (Å²) in [6, 6.07) is 12.3. The highest BCUT2D eigenvalue weighted by Gasteiger charge is 2.32. The molecular formula is C19H25N6+. The molecule has 6 nitrogen and oxygen atoms in total. The molecule has 1 aliphatic rings. The number of hydrogen-bond donors (Lipinski definition) is 1. The fourth-order valence-electron chi connectivity index (χ4n) is 3.52. The minimum atomic E-state index is 0.583. The first-order valence-electron chi connectivity index (χ1n) is 8.95. The van der Waals surface area contributed by atoms with Crippen molar-refractivity contribution < 1.29 is 0 Å². The predicted octanol–water partition coefficient (Wildman–Crippen LogP) is 2.58. The Labute approximate surface area is 147 Å². The Morgan fingerprint density at radius 2 is 1.92 bits per heavy atom. The summed E-state index contributed by atoms with van der Waals surface area (Å²) in [5.41, 5.74) is 9.01. The van der Waals surface area contributed by atoms with Gasteiger partial charge in [-0.25, -0.2) is 0 Å². The lowest BCUT2D eigenvalue weighted by molar-refractivity contribution is 0.367. The molecule has 4 rings (SSSR count). The largest absolute Gasteiger partial charge is 0.326 e. The zero-order valence-electron chi connectivity index (χ0n) is 14.9. The summed E-state index contributed by atoms with van der Waals surface area (Å²) in [6.45, 7) is 1.48. The van der Waals surface area contributed by atoms with Gasteiger partial charge < -0.3 is 5.73 Å². The lowest BCUT2D eigenvalue weighted by atomic mass is 9.80. The molecule has 1 saturated carbocycles. The van der Waals surface area contributed by atoms with Crippen molar-refractivity contribution in [3.8, 4) is 11.4 Å². The molecule has 2 heterocycles. The van der Waals surface area contributed by atoms with Crippen molar-refractivity contribution in [1.82, 2.24) is 24.3 Å². The molecule has 6 heteroatoms. The van der Waals surface area contributed by atoms with Crippen LogP contribution in [0.4, 0.5) is 5.82 Å². The van der Waals surface area contributed by atoms with Gasteiger partial charge >= 0.3 is 0 Å². The van der Waals surface area contributed by atoms with Crippen molar-refractivity contribution in [1.29, 1.82) is 0 Å². The normalized spacial score (nSPS) is 15.5. The van der Waals surface area contributed by atoms with Gasteiger partial charge in [-0.1, -0.05) is 36.8 Å². The Kier molecular flexibility index (Phi) is 4.01. The van der Waals surface area contributed by atoms with Crippen molar-refractivity contribution in [2.24, 2.45) is 5.73 Å². The van der Waals surface area contributed by atoms with Crippen LogP contribution < -0.4 is 10.2 Å². The molecule has 1 aliphatic carbocycles. The molecule has 1 fully saturated rings. The van der Waals surface area contributed by atoms with E-state index in [1.807, 2.05) is 34.8 Å². The first kappa shape index (κ1) is 16.2. The summed E-state index contributed by atoms with van der Waals surface area (Å²) < 4.78 is 2.55. The fourth-order valence-corrected chi connectivity index (χ4v) is 3.52. The van der Waals surface area contributed by atoms with E-state index in [2.05, 4.69) is 30.4 Å². The van der Waals surface area contributed by atoms with E-state index < -0.39 is 0 Å². The zero-order valence-corrected chi connectivity index (χ0v) is 14.9. The van der Waals surface area contributed by atoms with E-state index in [1.54, 1.807) is 0 Å². The van der Waals surface area contributed by atoms with Crippen molar-refractivity contribution in [3.05, 3.63) is 42.0 Å². The molecular weight excluding hydrogens is 312 g/mol. The molecule has 0 unspecified atom stereocenters. The number of nitrogens with zero attached hydrogens (tertiary/aromatic N) is 5. The van der Waals surface area contributed by atoms with Gasteiger partial charge in [0.2, 0.25) is 5.82 Å². The first-order chi connectivity index (χ1) is 12.1. The smallest absolute Gasteiger partial charge is 0.248 e. The van der Waals surface area contributed by atoms with Crippen LogP contribution in [0, 0.1) is 0 Å². The standard InChI is InChI=1S/C19H25N6/c1-25(2,12-11-20)19-16(14-9-6-10-14)13-17-21-22-18(24(17)23-19)15-7-4-3-5-8-15/h3-5,7-8,13-14H,6,9-12,20H2,1-2H3/q+1. The summed E-state index contributed by atoms with van der Waals surface area (Å²) in [5, 5.41) is 13.8. The second-order valence-corrected chi connectivity index (χ2v) is 7.41. The monoisotopic (exact) mass is 337 g/mol. The van der Waals surface area contributed by atoms with Gasteiger partial charge in [0.25, 0.3) is 0 Å². The lowest BCUT2D eigenvalue weighted by Crippen LogP contribution is -2.46. The Hall–Kier alpha value is -2.31. The van der Waals surface area contributed by atoms with Crippen LogP contribution in [-0.4, -0.2) is 47.0 Å². The van der Waals surface area contributed by atoms with Crippen LogP contribution >= 0.6 is 0 Å². The average molecular weight is 337 g/mol. The van der Waals surface area contributed by atoms with Crippen LogP contribution in [0.1, 0.15) is 30.7 Å². The molecule has 25 heavy (non-hydrogen) atoms. The molecule has 0 saturated heterocycles. The van der Waals surface area contributed by atoms with E-state index in [0.717, 1.165) is 29.4 Å². The minimum Gasteiger partial charge on any atom is -0.326 e. The average Bonchev–Trinajstić information content (AvgIpc) is 2.96. The van der Waals surface area contributed by atoms with Crippen molar-refractivity contribution in [3.63, 3.8) is 0 Å². The molecule has 0 amide bonds. The highest BCUT2D eigenvalue weighted by Crippen LogP contribution is 2.41. The van der Waals surface area contributed by atoms with Gasteiger partial charge in [-0.05, 0) is 24.8 Å². The number of nitrogens with two attached hydrogens (primary N) is 1. The second kappa shape index (κ2) is 6.20. The summed E-state index contributed by atoms with van der Waals surface area (Å²) in [7, 11) is 4.35. The summed E-state index contributed by atoms with van der Waals surface area (Å²) in [4.78, 5) is 0. The van der Waals surface area contributed by atoms with E-state index >= 15 is 0 Å². The van der Waals surface area contributed by atoms with E-state index in [-0.39, 0.29) is 0 Å². The molecule has 1 aromatic carbocycles. The Morgan fingerprint density at radius 1 is 1.16 bits per heavy atom. The Balaban J connectivity index is 1.91. The Morgan fingerprint density at radius 3 is 2.56 bits per heavy atom. The molecule has 2 aromatic heterocycles. The van der Waals surface area contributed by atoms with Crippen LogP contribution in [0.5, 0.6) is 0 Å². The maximum Gasteiger partial charge on any atom is 0.248 e. The Bertz CT molecular complexity index is 880. The minimum absolute atomic E-state index is 0.583. The molecule has 2 N–H and O–H groups in total. The first-order valence-corrected chi connectivity index (χ1v) is 8.95. The van der Waals surface area contributed by atoms with Gasteiger partial charge in [-0.15, -0.1) is 15.3 Å². The van der Waals surface area contributed by atoms with E-state index in [0.29, 0.717) is 16.9 Å². The highest BCUT2D eigenvalue weighted by molar-refractivity contribution is 5.61. The second-order valence-electron chi connectivity index (χ2n) is 7.41. The quantitative estimate of drug-likeness (QED) is 0.727. The van der Waals surface area contributed by atoms with Crippen molar-refractivity contribution in [2.45, 2.75) is 25.2 Å². The van der Waals surface area contributed by atoms with Gasteiger partial charge in [0, 0.05) is 17.7 Å². The van der Waals surface area contributed by atoms with Gasteiger partial charge in [0.05, 0.1) is 20.6 Å². The molecule has 0 spiro atoms. The topological polar surface area (TPSA) is 69.1 Å². The fraction of sp³-hybridized carbons (Fsp3) is 0.421. The summed E-state index contributed by atoms with van der Waals surface area (Å²) in [6.07, 6.45) is 3.75. The lowest BCUT2D eigenvalue weighted by Gasteiger charge is -2.33. The number of benzene rings is 1. The van der Waals surface area contributed by atoms with Gasteiger partial charge in [0.1, 0.15) is 0 Å². The molecule has 0 atom stereocenters. The van der Waals surface area contributed by atoms with Gasteiger partial charge in [0.15, 0.2) is 11.5 Å². The van der Waals surface area contributed by atoms with E-state index in [1.165, 1.54) is 24.8 Å². The number of hydrogen-bond acceptors (Lipinski definition) is 4. The summed E-state index contributed by atoms with van der Waals surface area (Å²) in [5.74, 6) is 2.45. The molecule has 0 aliphatic heterocycles. The van der Waals surface area contributed by atoms with Crippen molar-refractivity contribution >= 4 is 11.5 Å². The number of aromatic nitrogens is 4. The third kappa shape index (κ3) is 2.81. The highest BCUT2D eigenvalue weighted by atomic mass is 15.4. The van der Waals surface area contributed by atoms with Crippen LogP contribution in [0.25, 0.3) is 17.0 Å². The molecule has 3 aromatic rings. The SMILES string of the molecule is C[N+](C)(CCN)c1nn2c(-c3ccccc3)nnc2cc1C1CCC1. The number of likely N-dealkylation sites (N-methyl/N-ethyl adjacent to an activating group) is 1. The third-order valence-electron chi connectivity index (χ3n) is 5.24. The molecule has 0 radical (unpaired) electrons. The molecule has 0 bridgehead atoms. The third-order valence-corrected chi connectivity index (χ3v) is 5.24. The van der Waals surface area contributed by atoms with Crippen LogP contribution in [0.15, 0.2) is 36.4 Å². The van der Waals surface area contributed by atoms with Gasteiger partial charge in [-0.2, -0.15) is 4.52 Å². The number of quaternary nitrogens is 1. The van der Waals surface area contributed by atoms with Crippen LogP contribution in [-0.2, 0) is 0 Å². The number of rotatable bonds is 5. The van der Waals surface area contributed by atoms with Crippen LogP contribution in [0.3, 0.4) is 0 Å². The van der Waals surface area contributed by atoms with E-state index in [4.69, 9.17) is 10.8 Å². The van der Waals surface area contributed by atoms with E-state index in [9.17, 15) is 0 Å². The van der Waals surface area contributed by atoms with Crippen molar-refractivity contribution in [2.75, 3.05) is 27.2 Å².